The smallest absolute Gasteiger partial charge is 0.282 e. The number of pyridine rings is 1. The van der Waals surface area contributed by atoms with Crippen LogP contribution in [0.5, 0.6) is 0 Å². The van der Waals surface area contributed by atoms with Gasteiger partial charge in [0.1, 0.15) is 5.82 Å². The lowest BCUT2D eigenvalue weighted by molar-refractivity contribution is 0.102. The SMILES string of the molecule is O=C(Nc1ccc(Cl)cn1)c1ccn(S(=O)(=O)c2ccc3[nH]ccc3c2)n1. The van der Waals surface area contributed by atoms with Gasteiger partial charge in [0, 0.05) is 29.5 Å². The number of fused-ring (bicyclic) bond motifs is 1. The topological polar surface area (TPSA) is 110 Å². The fourth-order valence-corrected chi connectivity index (χ4v) is 3.75. The molecule has 0 unspecified atom stereocenters. The minimum Gasteiger partial charge on any atom is -0.361 e. The summed E-state index contributed by atoms with van der Waals surface area (Å²) in [4.78, 5) is 19.3. The molecule has 0 fully saturated rings. The van der Waals surface area contributed by atoms with Crippen molar-refractivity contribution in [3.05, 3.63) is 71.8 Å². The quantitative estimate of drug-likeness (QED) is 0.546. The second kappa shape index (κ2) is 6.53. The zero-order valence-corrected chi connectivity index (χ0v) is 15.2. The van der Waals surface area contributed by atoms with E-state index in [4.69, 9.17) is 11.6 Å². The van der Waals surface area contributed by atoms with E-state index in [0.29, 0.717) is 5.02 Å². The van der Waals surface area contributed by atoms with E-state index in [-0.39, 0.29) is 16.4 Å². The molecule has 1 aromatic carbocycles. The number of nitrogens with one attached hydrogen (secondary N) is 2. The van der Waals surface area contributed by atoms with Gasteiger partial charge in [-0.3, -0.25) is 4.79 Å². The molecule has 0 aliphatic rings. The number of H-pyrrole nitrogens is 1. The van der Waals surface area contributed by atoms with E-state index in [1.165, 1.54) is 30.6 Å². The Labute approximate surface area is 158 Å². The van der Waals surface area contributed by atoms with Crippen LogP contribution in [-0.4, -0.2) is 33.5 Å². The van der Waals surface area contributed by atoms with Crippen molar-refractivity contribution >= 4 is 44.3 Å². The van der Waals surface area contributed by atoms with Gasteiger partial charge < -0.3 is 10.3 Å². The molecule has 4 rings (SSSR count). The van der Waals surface area contributed by atoms with E-state index in [0.717, 1.165) is 15.0 Å². The maximum atomic E-state index is 12.8. The van der Waals surface area contributed by atoms with E-state index < -0.39 is 15.9 Å². The molecular weight excluding hydrogens is 390 g/mol. The molecule has 0 atom stereocenters. The normalized spacial score (nSPS) is 11.6. The lowest BCUT2D eigenvalue weighted by Crippen LogP contribution is -2.17. The Balaban J connectivity index is 1.60. The molecule has 0 saturated carbocycles. The van der Waals surface area contributed by atoms with Gasteiger partial charge >= 0.3 is 0 Å². The summed E-state index contributed by atoms with van der Waals surface area (Å²) >= 11 is 5.75. The highest BCUT2D eigenvalue weighted by Gasteiger charge is 2.21. The maximum absolute atomic E-state index is 12.8. The molecule has 0 aliphatic heterocycles. The third-order valence-corrected chi connectivity index (χ3v) is 5.61. The molecule has 0 spiro atoms. The molecule has 3 heterocycles. The first-order valence-electron chi connectivity index (χ1n) is 7.75. The Kier molecular flexibility index (Phi) is 4.17. The van der Waals surface area contributed by atoms with Crippen molar-refractivity contribution in [1.82, 2.24) is 19.2 Å². The Morgan fingerprint density at radius 1 is 1.15 bits per heavy atom. The number of nitrogens with zero attached hydrogens (tertiary/aromatic N) is 3. The highest BCUT2D eigenvalue weighted by Crippen LogP contribution is 2.20. The molecule has 1 amide bonds. The van der Waals surface area contributed by atoms with Crippen LogP contribution in [0.1, 0.15) is 10.5 Å². The highest BCUT2D eigenvalue weighted by atomic mass is 35.5. The number of anilines is 1. The molecule has 0 radical (unpaired) electrons. The van der Waals surface area contributed by atoms with Crippen molar-refractivity contribution in [2.45, 2.75) is 4.90 Å². The monoisotopic (exact) mass is 401 g/mol. The largest absolute Gasteiger partial charge is 0.361 e. The fourth-order valence-electron chi connectivity index (χ4n) is 2.49. The molecule has 4 aromatic rings. The predicted octanol–water partition coefficient (Wildman–Crippen LogP) is 2.90. The second-order valence-corrected chi connectivity index (χ2v) is 7.85. The number of carbonyl (C=O) groups excluding carboxylic acids is 1. The molecule has 27 heavy (non-hydrogen) atoms. The van der Waals surface area contributed by atoms with E-state index in [1.807, 2.05) is 0 Å². The van der Waals surface area contributed by atoms with E-state index in [2.05, 4.69) is 20.4 Å². The van der Waals surface area contributed by atoms with Gasteiger partial charge in [-0.15, -0.1) is 0 Å². The Hall–Kier alpha value is -3.17. The van der Waals surface area contributed by atoms with Crippen LogP contribution >= 0.6 is 11.6 Å². The number of hydrogen-bond donors (Lipinski definition) is 2. The zero-order valence-electron chi connectivity index (χ0n) is 13.6. The first-order chi connectivity index (χ1) is 12.9. The zero-order chi connectivity index (χ0) is 19.0. The number of aromatic amines is 1. The van der Waals surface area contributed by atoms with Gasteiger partial charge in [-0.25, -0.2) is 4.98 Å². The lowest BCUT2D eigenvalue weighted by atomic mass is 10.2. The van der Waals surface area contributed by atoms with E-state index in [1.54, 1.807) is 30.5 Å². The number of halogens is 1. The van der Waals surface area contributed by atoms with Crippen LogP contribution in [0.15, 0.2) is 66.0 Å². The van der Waals surface area contributed by atoms with Crippen molar-refractivity contribution in [2.75, 3.05) is 5.32 Å². The molecule has 3 aromatic heterocycles. The van der Waals surface area contributed by atoms with Gasteiger partial charge in [0.2, 0.25) is 0 Å². The number of benzene rings is 1. The molecule has 136 valence electrons. The molecule has 0 bridgehead atoms. The van der Waals surface area contributed by atoms with Crippen molar-refractivity contribution in [1.29, 1.82) is 0 Å². The third kappa shape index (κ3) is 3.29. The van der Waals surface area contributed by atoms with Crippen LogP contribution in [-0.2, 0) is 10.0 Å². The van der Waals surface area contributed by atoms with Crippen molar-refractivity contribution in [2.24, 2.45) is 0 Å². The number of aromatic nitrogens is 4. The Morgan fingerprint density at radius 2 is 2.00 bits per heavy atom. The van der Waals surface area contributed by atoms with Gasteiger partial charge in [0.15, 0.2) is 5.69 Å². The highest BCUT2D eigenvalue weighted by molar-refractivity contribution is 7.89. The van der Waals surface area contributed by atoms with Crippen LogP contribution in [0.25, 0.3) is 10.9 Å². The minimum absolute atomic E-state index is 0.0574. The standard InChI is InChI=1S/C17H12ClN5O3S/c18-12-1-4-16(20-10-12)21-17(24)15-6-8-23(22-15)27(25,26)13-2-3-14-11(9-13)5-7-19-14/h1-10,19H,(H,20,21,24). The van der Waals surface area contributed by atoms with Gasteiger partial charge in [-0.1, -0.05) is 11.6 Å². The summed E-state index contributed by atoms with van der Waals surface area (Å²) in [5.41, 5.74) is 0.767. The molecule has 0 aliphatic carbocycles. The van der Waals surface area contributed by atoms with Crippen molar-refractivity contribution in [3.8, 4) is 0 Å². The first kappa shape index (κ1) is 17.3. The van der Waals surface area contributed by atoms with Crippen molar-refractivity contribution < 1.29 is 13.2 Å². The predicted molar refractivity (Wildman–Crippen MR) is 100 cm³/mol. The van der Waals surface area contributed by atoms with Crippen LogP contribution < -0.4 is 5.32 Å². The molecule has 10 heteroatoms. The van der Waals surface area contributed by atoms with Gasteiger partial charge in [0.05, 0.1) is 9.92 Å². The summed E-state index contributed by atoms with van der Waals surface area (Å²) in [5.74, 6) is -0.306. The average Bonchev–Trinajstić information content (AvgIpc) is 3.32. The summed E-state index contributed by atoms with van der Waals surface area (Å²) in [6.07, 6.45) is 4.33. The Morgan fingerprint density at radius 3 is 2.78 bits per heavy atom. The maximum Gasteiger partial charge on any atom is 0.282 e. The summed E-state index contributed by atoms with van der Waals surface area (Å²) in [5, 5.41) is 7.61. The third-order valence-electron chi connectivity index (χ3n) is 3.84. The average molecular weight is 402 g/mol. The lowest BCUT2D eigenvalue weighted by Gasteiger charge is -2.05. The van der Waals surface area contributed by atoms with Gasteiger partial charge in [-0.05, 0) is 42.5 Å². The summed E-state index contributed by atoms with van der Waals surface area (Å²) in [6.45, 7) is 0. The van der Waals surface area contributed by atoms with Crippen LogP contribution in [0.4, 0.5) is 5.82 Å². The second-order valence-electron chi connectivity index (χ2n) is 5.62. The molecular formula is C17H12ClN5O3S. The van der Waals surface area contributed by atoms with Crippen LogP contribution in [0.2, 0.25) is 5.02 Å². The molecule has 8 nitrogen and oxygen atoms in total. The number of rotatable bonds is 4. The fraction of sp³-hybridized carbons (Fsp3) is 0. The van der Waals surface area contributed by atoms with Crippen molar-refractivity contribution in [3.63, 3.8) is 0 Å². The van der Waals surface area contributed by atoms with E-state index >= 15 is 0 Å². The Bertz CT molecular complexity index is 1250. The molecule has 2 N–H and O–H groups in total. The number of hydrogen-bond acceptors (Lipinski definition) is 5. The first-order valence-corrected chi connectivity index (χ1v) is 9.56. The van der Waals surface area contributed by atoms with Gasteiger partial charge in [-0.2, -0.15) is 17.6 Å². The molecule has 0 saturated heterocycles. The summed E-state index contributed by atoms with van der Waals surface area (Å²) in [7, 11) is -3.92. The van der Waals surface area contributed by atoms with Crippen LogP contribution in [0, 0.1) is 0 Å². The minimum atomic E-state index is -3.92. The summed E-state index contributed by atoms with van der Waals surface area (Å²) in [6, 6.07) is 10.9. The number of carbonyl (C=O) groups is 1. The number of amides is 1. The van der Waals surface area contributed by atoms with Gasteiger partial charge in [0.25, 0.3) is 15.9 Å². The van der Waals surface area contributed by atoms with E-state index in [9.17, 15) is 13.2 Å². The summed E-state index contributed by atoms with van der Waals surface area (Å²) < 4.78 is 26.3. The van der Waals surface area contributed by atoms with Crippen LogP contribution in [0.3, 0.4) is 0 Å².